The van der Waals surface area contributed by atoms with E-state index in [1.165, 1.54) is 0 Å². The lowest BCUT2D eigenvalue weighted by Gasteiger charge is -2.25. The molecule has 0 rings (SSSR count). The lowest BCUT2D eigenvalue weighted by molar-refractivity contribution is 0.108. The monoisotopic (exact) mass is 173 g/mol. The minimum atomic E-state index is -0.869. The van der Waals surface area contributed by atoms with Gasteiger partial charge in [-0.1, -0.05) is 19.9 Å². The van der Waals surface area contributed by atoms with Gasteiger partial charge in [-0.15, -0.1) is 6.58 Å². The lowest BCUT2D eigenvalue weighted by atomic mass is 9.95. The van der Waals surface area contributed by atoms with Crippen LogP contribution in [0.1, 0.15) is 20.8 Å². The summed E-state index contributed by atoms with van der Waals surface area (Å²) in [6.45, 7) is 10.3. The van der Waals surface area contributed by atoms with E-state index in [0.29, 0.717) is 11.8 Å². The molecule has 0 saturated carbocycles. The van der Waals surface area contributed by atoms with E-state index in [2.05, 4.69) is 20.4 Å². The fraction of sp³-hybridized carbons (Fsp3) is 0.800. The van der Waals surface area contributed by atoms with Gasteiger partial charge in [-0.25, -0.2) is 4.39 Å². The van der Waals surface area contributed by atoms with Crippen LogP contribution in [0.5, 0.6) is 0 Å². The molecule has 2 unspecified atom stereocenters. The van der Waals surface area contributed by atoms with Gasteiger partial charge in [-0.2, -0.15) is 0 Å². The Kier molecular flexibility index (Phi) is 5.14. The number of nitrogens with zero attached hydrogens (tertiary/aromatic N) is 1. The molecule has 0 aromatic rings. The Balaban J connectivity index is 3.93. The van der Waals surface area contributed by atoms with Crippen LogP contribution < -0.4 is 0 Å². The maximum absolute atomic E-state index is 12.7. The zero-order chi connectivity index (χ0) is 9.72. The summed E-state index contributed by atoms with van der Waals surface area (Å²) >= 11 is 0. The number of alkyl halides is 1. The summed E-state index contributed by atoms with van der Waals surface area (Å²) in [6.07, 6.45) is 1.04. The van der Waals surface area contributed by atoms with E-state index in [0.717, 1.165) is 6.54 Å². The smallest absolute Gasteiger partial charge is 0.150 e. The Hall–Kier alpha value is -0.370. The third-order valence-corrected chi connectivity index (χ3v) is 2.27. The zero-order valence-electron chi connectivity index (χ0n) is 8.55. The van der Waals surface area contributed by atoms with Gasteiger partial charge in [0.05, 0.1) is 0 Å². The summed E-state index contributed by atoms with van der Waals surface area (Å²) in [7, 11) is 1.80. The summed E-state index contributed by atoms with van der Waals surface area (Å²) in [5.41, 5.74) is 0. The predicted molar refractivity (Wildman–Crippen MR) is 51.7 cm³/mol. The van der Waals surface area contributed by atoms with Crippen molar-refractivity contribution in [3.8, 4) is 0 Å². The van der Waals surface area contributed by atoms with E-state index in [-0.39, 0.29) is 0 Å². The van der Waals surface area contributed by atoms with Crippen LogP contribution in [-0.2, 0) is 0 Å². The minimum absolute atomic E-state index is 0.383. The first kappa shape index (κ1) is 11.6. The molecule has 72 valence electrons. The van der Waals surface area contributed by atoms with E-state index in [4.69, 9.17) is 0 Å². The molecular weight excluding hydrogens is 153 g/mol. The second kappa shape index (κ2) is 5.31. The highest BCUT2D eigenvalue weighted by Gasteiger charge is 2.14. The fourth-order valence-electron chi connectivity index (χ4n) is 1.04. The van der Waals surface area contributed by atoms with Crippen LogP contribution in [-0.4, -0.2) is 24.8 Å². The maximum Gasteiger partial charge on any atom is 0.150 e. The normalized spacial score (nSPS) is 16.6. The third kappa shape index (κ3) is 3.86. The molecule has 0 radical (unpaired) electrons. The minimum Gasteiger partial charge on any atom is -0.277 e. The standard InChI is InChI=1S/C10H20FN/c1-6-10(8(2)3)7-12(5)9(4)11/h6,8-10H,1,7H2,2-5H3. The van der Waals surface area contributed by atoms with Crippen LogP contribution >= 0.6 is 0 Å². The molecule has 0 bridgehead atoms. The zero-order valence-corrected chi connectivity index (χ0v) is 8.55. The van der Waals surface area contributed by atoms with E-state index in [1.54, 1.807) is 18.9 Å². The van der Waals surface area contributed by atoms with Crippen LogP contribution in [0.4, 0.5) is 4.39 Å². The van der Waals surface area contributed by atoms with Gasteiger partial charge in [0, 0.05) is 6.54 Å². The highest BCUT2D eigenvalue weighted by Crippen LogP contribution is 2.14. The highest BCUT2D eigenvalue weighted by molar-refractivity contribution is 4.83. The number of rotatable bonds is 5. The van der Waals surface area contributed by atoms with Crippen molar-refractivity contribution in [2.24, 2.45) is 11.8 Å². The first-order chi connectivity index (χ1) is 5.49. The Bertz CT molecular complexity index is 132. The van der Waals surface area contributed by atoms with Crippen LogP contribution in [0.3, 0.4) is 0 Å². The molecule has 0 fully saturated rings. The SMILES string of the molecule is C=CC(CN(C)C(C)F)C(C)C. The van der Waals surface area contributed by atoms with Gasteiger partial charge in [-0.3, -0.25) is 4.90 Å². The average molecular weight is 173 g/mol. The van der Waals surface area contributed by atoms with E-state index in [1.807, 2.05) is 6.08 Å². The second-order valence-corrected chi connectivity index (χ2v) is 3.66. The van der Waals surface area contributed by atoms with Crippen molar-refractivity contribution >= 4 is 0 Å². The fourth-order valence-corrected chi connectivity index (χ4v) is 1.04. The summed E-state index contributed by atoms with van der Waals surface area (Å²) < 4.78 is 12.7. The molecule has 0 aliphatic carbocycles. The summed E-state index contributed by atoms with van der Waals surface area (Å²) in [6, 6.07) is 0. The van der Waals surface area contributed by atoms with E-state index in [9.17, 15) is 4.39 Å². The maximum atomic E-state index is 12.7. The quantitative estimate of drug-likeness (QED) is 0.456. The Labute approximate surface area is 75.3 Å². The average Bonchev–Trinajstić information content (AvgIpc) is 1.98. The Morgan fingerprint density at radius 2 is 1.92 bits per heavy atom. The lowest BCUT2D eigenvalue weighted by Crippen LogP contribution is -2.32. The molecule has 0 aromatic carbocycles. The molecule has 0 aliphatic heterocycles. The first-order valence-corrected chi connectivity index (χ1v) is 4.46. The molecular formula is C10H20FN. The van der Waals surface area contributed by atoms with Gasteiger partial charge in [0.25, 0.3) is 0 Å². The molecule has 0 spiro atoms. The molecule has 1 nitrogen and oxygen atoms in total. The molecule has 2 atom stereocenters. The molecule has 0 saturated heterocycles. The highest BCUT2D eigenvalue weighted by atomic mass is 19.1. The topological polar surface area (TPSA) is 3.24 Å². The van der Waals surface area contributed by atoms with Crippen LogP contribution in [0, 0.1) is 11.8 Å². The molecule has 0 aliphatic rings. The molecule has 0 heterocycles. The van der Waals surface area contributed by atoms with Crippen molar-refractivity contribution in [3.05, 3.63) is 12.7 Å². The first-order valence-electron chi connectivity index (χ1n) is 4.46. The predicted octanol–water partition coefficient (Wildman–Crippen LogP) is 2.69. The summed E-state index contributed by atoms with van der Waals surface area (Å²) in [5.74, 6) is 0.914. The summed E-state index contributed by atoms with van der Waals surface area (Å²) in [5, 5.41) is 0. The van der Waals surface area contributed by atoms with Gasteiger partial charge in [-0.05, 0) is 25.8 Å². The van der Waals surface area contributed by atoms with Crippen molar-refractivity contribution in [3.63, 3.8) is 0 Å². The van der Waals surface area contributed by atoms with Crippen molar-refractivity contribution < 1.29 is 4.39 Å². The molecule has 0 amide bonds. The van der Waals surface area contributed by atoms with Gasteiger partial charge >= 0.3 is 0 Å². The van der Waals surface area contributed by atoms with Crippen molar-refractivity contribution in [2.45, 2.75) is 27.1 Å². The molecule has 0 aromatic heterocycles. The van der Waals surface area contributed by atoms with Gasteiger partial charge in [0.2, 0.25) is 0 Å². The molecule has 0 N–H and O–H groups in total. The number of hydrogen-bond acceptors (Lipinski definition) is 1. The second-order valence-electron chi connectivity index (χ2n) is 3.66. The number of hydrogen-bond donors (Lipinski definition) is 0. The molecule has 2 heteroatoms. The van der Waals surface area contributed by atoms with Gasteiger partial charge in [0.1, 0.15) is 0 Å². The van der Waals surface area contributed by atoms with E-state index >= 15 is 0 Å². The third-order valence-electron chi connectivity index (χ3n) is 2.27. The summed E-state index contributed by atoms with van der Waals surface area (Å²) in [4.78, 5) is 1.70. The van der Waals surface area contributed by atoms with Crippen molar-refractivity contribution in [1.29, 1.82) is 0 Å². The van der Waals surface area contributed by atoms with Crippen molar-refractivity contribution in [1.82, 2.24) is 4.90 Å². The Morgan fingerprint density at radius 3 is 2.17 bits per heavy atom. The van der Waals surface area contributed by atoms with Crippen LogP contribution in [0.2, 0.25) is 0 Å². The number of halogens is 1. The van der Waals surface area contributed by atoms with E-state index < -0.39 is 6.30 Å². The largest absolute Gasteiger partial charge is 0.277 e. The van der Waals surface area contributed by atoms with Crippen molar-refractivity contribution in [2.75, 3.05) is 13.6 Å². The van der Waals surface area contributed by atoms with Gasteiger partial charge < -0.3 is 0 Å². The van der Waals surface area contributed by atoms with Crippen LogP contribution in [0.25, 0.3) is 0 Å². The van der Waals surface area contributed by atoms with Crippen LogP contribution in [0.15, 0.2) is 12.7 Å². The molecule has 12 heavy (non-hydrogen) atoms. The van der Waals surface area contributed by atoms with Gasteiger partial charge in [0.15, 0.2) is 6.30 Å². The Morgan fingerprint density at radius 1 is 1.42 bits per heavy atom.